The predicted molar refractivity (Wildman–Crippen MR) is 79.4 cm³/mol. The van der Waals surface area contributed by atoms with Crippen LogP contribution < -0.4 is 5.46 Å². The zero-order valence-electron chi connectivity index (χ0n) is 11.6. The third-order valence-corrected chi connectivity index (χ3v) is 8.23. The predicted octanol–water partition coefficient (Wildman–Crippen LogP) is 2.52. The standard InChI is InChI=1S/C12H21BClNOSi/c1-12(2,3)17(4,5)16-8-10-9(13)6-7-11(14)15-10/h6-7H,8,13H2,1-5H3. The Morgan fingerprint density at radius 2 is 1.94 bits per heavy atom. The Labute approximate surface area is 111 Å². The molecule has 0 aliphatic heterocycles. The average molecular weight is 270 g/mol. The van der Waals surface area contributed by atoms with Crippen LogP contribution in [0.5, 0.6) is 0 Å². The summed E-state index contributed by atoms with van der Waals surface area (Å²) in [6.07, 6.45) is 0. The first kappa shape index (κ1) is 14.7. The fourth-order valence-corrected chi connectivity index (χ4v) is 2.25. The fourth-order valence-electron chi connectivity index (χ4n) is 1.16. The van der Waals surface area contributed by atoms with E-state index in [1.807, 2.05) is 20.0 Å². The maximum absolute atomic E-state index is 6.13. The number of hydrogen-bond acceptors (Lipinski definition) is 2. The van der Waals surface area contributed by atoms with Crippen molar-refractivity contribution in [3.05, 3.63) is 23.0 Å². The number of pyridine rings is 1. The van der Waals surface area contributed by atoms with Gasteiger partial charge >= 0.3 is 0 Å². The van der Waals surface area contributed by atoms with Crippen molar-refractivity contribution in [2.24, 2.45) is 0 Å². The molecule has 1 aromatic rings. The van der Waals surface area contributed by atoms with E-state index < -0.39 is 8.32 Å². The molecule has 0 aliphatic carbocycles. The molecule has 1 heterocycles. The highest BCUT2D eigenvalue weighted by Crippen LogP contribution is 2.36. The minimum Gasteiger partial charge on any atom is -0.411 e. The van der Waals surface area contributed by atoms with Gasteiger partial charge in [-0.1, -0.05) is 43.9 Å². The van der Waals surface area contributed by atoms with Crippen LogP contribution in [0.1, 0.15) is 26.5 Å². The van der Waals surface area contributed by atoms with Crippen LogP contribution in [0, 0.1) is 0 Å². The van der Waals surface area contributed by atoms with E-state index in [0.29, 0.717) is 11.8 Å². The fraction of sp³-hybridized carbons (Fsp3) is 0.583. The highest BCUT2D eigenvalue weighted by Gasteiger charge is 2.37. The molecule has 1 aromatic heterocycles. The van der Waals surface area contributed by atoms with Gasteiger partial charge in [0.1, 0.15) is 13.0 Å². The molecule has 94 valence electrons. The summed E-state index contributed by atoms with van der Waals surface area (Å²) in [6.45, 7) is 11.7. The van der Waals surface area contributed by atoms with Crippen molar-refractivity contribution >= 4 is 33.2 Å². The lowest BCUT2D eigenvalue weighted by molar-refractivity contribution is 0.273. The Hall–Kier alpha value is -0.318. The molecule has 0 radical (unpaired) electrons. The van der Waals surface area contributed by atoms with Crippen molar-refractivity contribution in [3.63, 3.8) is 0 Å². The molecule has 17 heavy (non-hydrogen) atoms. The Kier molecular flexibility index (Phi) is 4.44. The second-order valence-electron chi connectivity index (χ2n) is 5.95. The van der Waals surface area contributed by atoms with Crippen LogP contribution >= 0.6 is 11.6 Å². The van der Waals surface area contributed by atoms with Crippen molar-refractivity contribution in [2.75, 3.05) is 0 Å². The highest BCUT2D eigenvalue weighted by atomic mass is 35.5. The van der Waals surface area contributed by atoms with Crippen molar-refractivity contribution in [3.8, 4) is 0 Å². The van der Waals surface area contributed by atoms with Crippen LogP contribution in [0.3, 0.4) is 0 Å². The lowest BCUT2D eigenvalue weighted by atomic mass is 9.95. The van der Waals surface area contributed by atoms with Gasteiger partial charge in [0, 0.05) is 0 Å². The topological polar surface area (TPSA) is 22.1 Å². The summed E-state index contributed by atoms with van der Waals surface area (Å²) in [6, 6.07) is 3.80. The van der Waals surface area contributed by atoms with E-state index in [0.717, 1.165) is 11.2 Å². The number of hydrogen-bond donors (Lipinski definition) is 0. The van der Waals surface area contributed by atoms with Crippen LogP contribution in [-0.2, 0) is 11.0 Å². The molecule has 0 fully saturated rings. The quantitative estimate of drug-likeness (QED) is 0.621. The summed E-state index contributed by atoms with van der Waals surface area (Å²) in [4.78, 5) is 4.32. The molecular weight excluding hydrogens is 248 g/mol. The molecule has 0 amide bonds. The van der Waals surface area contributed by atoms with Crippen LogP contribution in [0.2, 0.25) is 23.3 Å². The smallest absolute Gasteiger partial charge is 0.192 e. The van der Waals surface area contributed by atoms with E-state index in [2.05, 4.69) is 38.8 Å². The number of aromatic nitrogens is 1. The van der Waals surface area contributed by atoms with Gasteiger partial charge < -0.3 is 4.43 Å². The summed E-state index contributed by atoms with van der Waals surface area (Å²) in [7, 11) is 0.324. The third kappa shape index (κ3) is 3.83. The molecule has 2 nitrogen and oxygen atoms in total. The first-order valence-corrected chi connectivity index (χ1v) is 9.18. The summed E-state index contributed by atoms with van der Waals surface area (Å²) < 4.78 is 6.13. The zero-order valence-corrected chi connectivity index (χ0v) is 13.4. The zero-order chi connectivity index (χ0) is 13.3. The molecule has 0 saturated heterocycles. The van der Waals surface area contributed by atoms with Gasteiger partial charge in [0.25, 0.3) is 0 Å². The van der Waals surface area contributed by atoms with Gasteiger partial charge in [0.2, 0.25) is 0 Å². The van der Waals surface area contributed by atoms with Crippen LogP contribution in [0.4, 0.5) is 0 Å². The second-order valence-corrected chi connectivity index (χ2v) is 11.1. The highest BCUT2D eigenvalue weighted by molar-refractivity contribution is 6.74. The minimum absolute atomic E-state index is 0.222. The van der Waals surface area contributed by atoms with Gasteiger partial charge in [-0.25, -0.2) is 4.98 Å². The number of nitrogens with zero attached hydrogens (tertiary/aromatic N) is 1. The van der Waals surface area contributed by atoms with Crippen molar-refractivity contribution in [2.45, 2.75) is 45.5 Å². The Bertz CT molecular complexity index is 404. The average Bonchev–Trinajstić information content (AvgIpc) is 2.18. The van der Waals surface area contributed by atoms with Gasteiger partial charge in [-0.3, -0.25) is 0 Å². The summed E-state index contributed by atoms with van der Waals surface area (Å²) >= 11 is 5.90. The normalized spacial score (nSPS) is 12.8. The summed E-state index contributed by atoms with van der Waals surface area (Å²) in [5.41, 5.74) is 2.08. The first-order valence-electron chi connectivity index (χ1n) is 5.89. The van der Waals surface area contributed by atoms with Crippen molar-refractivity contribution < 1.29 is 4.43 Å². The maximum atomic E-state index is 6.13. The Morgan fingerprint density at radius 1 is 1.35 bits per heavy atom. The van der Waals surface area contributed by atoms with E-state index in [-0.39, 0.29) is 5.04 Å². The Morgan fingerprint density at radius 3 is 2.47 bits per heavy atom. The maximum Gasteiger partial charge on any atom is 0.192 e. The van der Waals surface area contributed by atoms with Gasteiger partial charge in [-0.15, -0.1) is 0 Å². The molecule has 0 bridgehead atoms. The lowest BCUT2D eigenvalue weighted by Gasteiger charge is -2.36. The van der Waals surface area contributed by atoms with E-state index in [1.54, 1.807) is 0 Å². The van der Waals surface area contributed by atoms with Gasteiger partial charge in [0.05, 0.1) is 12.3 Å². The van der Waals surface area contributed by atoms with E-state index in [1.165, 1.54) is 0 Å². The number of rotatable bonds is 3. The van der Waals surface area contributed by atoms with Gasteiger partial charge in [-0.2, -0.15) is 0 Å². The Balaban J connectivity index is 2.77. The second kappa shape index (κ2) is 5.13. The van der Waals surface area contributed by atoms with Crippen LogP contribution in [0.15, 0.2) is 12.1 Å². The van der Waals surface area contributed by atoms with Crippen LogP contribution in [-0.4, -0.2) is 21.1 Å². The molecule has 0 aliphatic rings. The first-order chi connectivity index (χ1) is 7.63. The molecule has 0 atom stereocenters. The summed E-state index contributed by atoms with van der Waals surface area (Å²) in [5, 5.41) is 0.754. The van der Waals surface area contributed by atoms with Crippen LogP contribution in [0.25, 0.3) is 0 Å². The molecule has 0 unspecified atom stereocenters. The lowest BCUT2D eigenvalue weighted by Crippen LogP contribution is -2.41. The summed E-state index contributed by atoms with van der Waals surface area (Å²) in [5.74, 6) is 0. The van der Waals surface area contributed by atoms with E-state index in [4.69, 9.17) is 16.0 Å². The largest absolute Gasteiger partial charge is 0.411 e. The van der Waals surface area contributed by atoms with Crippen molar-refractivity contribution in [1.82, 2.24) is 4.98 Å². The molecule has 0 spiro atoms. The van der Waals surface area contributed by atoms with E-state index in [9.17, 15) is 0 Å². The molecule has 0 saturated carbocycles. The van der Waals surface area contributed by atoms with Gasteiger partial charge in [0.15, 0.2) is 8.32 Å². The number of halogens is 1. The van der Waals surface area contributed by atoms with E-state index >= 15 is 0 Å². The monoisotopic (exact) mass is 269 g/mol. The van der Waals surface area contributed by atoms with Crippen molar-refractivity contribution in [1.29, 1.82) is 0 Å². The minimum atomic E-state index is -1.71. The third-order valence-electron chi connectivity index (χ3n) is 3.54. The molecule has 1 rings (SSSR count). The molecule has 0 N–H and O–H groups in total. The molecule has 0 aromatic carbocycles. The SMILES string of the molecule is Bc1ccc(Cl)nc1CO[Si](C)(C)C(C)(C)C. The molecular formula is C12H21BClNOSi. The van der Waals surface area contributed by atoms with Gasteiger partial charge in [-0.05, 0) is 24.2 Å². The molecule has 5 heteroatoms.